The minimum absolute atomic E-state index is 0.0535. The zero-order valence-corrected chi connectivity index (χ0v) is 14.9. The van der Waals surface area contributed by atoms with Crippen molar-refractivity contribution in [3.63, 3.8) is 0 Å². The van der Waals surface area contributed by atoms with E-state index in [1.807, 2.05) is 31.2 Å². The van der Waals surface area contributed by atoms with Crippen molar-refractivity contribution >= 4 is 0 Å². The van der Waals surface area contributed by atoms with Crippen molar-refractivity contribution in [1.29, 1.82) is 0 Å². The number of benzene rings is 2. The Balaban J connectivity index is 2.05. The Kier molecular flexibility index (Phi) is 7.64. The maximum atomic E-state index is 9.56. The van der Waals surface area contributed by atoms with E-state index in [9.17, 15) is 10.2 Å². The van der Waals surface area contributed by atoms with E-state index < -0.39 is 0 Å². The van der Waals surface area contributed by atoms with Crippen LogP contribution in [-0.2, 0) is 26.4 Å². The van der Waals surface area contributed by atoms with Gasteiger partial charge in [0, 0.05) is 29.3 Å². The highest BCUT2D eigenvalue weighted by atomic mass is 16.5. The van der Waals surface area contributed by atoms with Crippen LogP contribution in [0.5, 0.6) is 5.75 Å². The summed E-state index contributed by atoms with van der Waals surface area (Å²) in [6.07, 6.45) is 5.41. The molecule has 1 atom stereocenters. The van der Waals surface area contributed by atoms with Gasteiger partial charge in [0.15, 0.2) is 0 Å². The van der Waals surface area contributed by atoms with Gasteiger partial charge in [-0.25, -0.2) is 0 Å². The molecule has 0 bridgehead atoms. The number of rotatable bonds is 9. The van der Waals surface area contributed by atoms with E-state index in [2.05, 4.69) is 11.2 Å². The first kappa shape index (κ1) is 20.0. The van der Waals surface area contributed by atoms with E-state index in [0.717, 1.165) is 11.1 Å². The van der Waals surface area contributed by atoms with Gasteiger partial charge in [-0.05, 0) is 30.2 Å². The Bertz CT molecular complexity index is 725. The van der Waals surface area contributed by atoms with Crippen LogP contribution in [0.4, 0.5) is 0 Å². The zero-order valence-electron chi connectivity index (χ0n) is 14.9. The molecule has 0 saturated carbocycles. The maximum absolute atomic E-state index is 9.56. The van der Waals surface area contributed by atoms with E-state index in [-0.39, 0.29) is 25.9 Å². The summed E-state index contributed by atoms with van der Waals surface area (Å²) in [6, 6.07) is 11.4. The SMILES string of the molecule is C#Cc1cc(CO)c(OCc2ccc(CN[C@@H](C)CO)cc2)c(CO)c1. The minimum Gasteiger partial charge on any atom is -0.488 e. The highest BCUT2D eigenvalue weighted by molar-refractivity contribution is 5.49. The monoisotopic (exact) mass is 355 g/mol. The third kappa shape index (κ3) is 5.32. The molecule has 0 unspecified atom stereocenters. The number of terminal acetylenes is 1. The van der Waals surface area contributed by atoms with Gasteiger partial charge in [0.25, 0.3) is 0 Å². The van der Waals surface area contributed by atoms with Crippen LogP contribution in [0.2, 0.25) is 0 Å². The van der Waals surface area contributed by atoms with Crippen LogP contribution in [0, 0.1) is 12.3 Å². The van der Waals surface area contributed by atoms with Crippen LogP contribution < -0.4 is 10.1 Å². The Morgan fingerprint density at radius 2 is 1.62 bits per heavy atom. The summed E-state index contributed by atoms with van der Waals surface area (Å²) < 4.78 is 5.85. The number of hydrogen-bond acceptors (Lipinski definition) is 5. The lowest BCUT2D eigenvalue weighted by Crippen LogP contribution is -2.28. The standard InChI is InChI=1S/C21H25NO4/c1-3-16-8-19(12-24)21(20(9-16)13-25)26-14-18-6-4-17(5-7-18)10-22-15(2)11-23/h1,4-9,15,22-25H,10-14H2,2H3/t15-/m0/s1. The second kappa shape index (κ2) is 9.95. The van der Waals surface area contributed by atoms with E-state index in [1.54, 1.807) is 12.1 Å². The van der Waals surface area contributed by atoms with Crippen LogP contribution in [-0.4, -0.2) is 28.0 Å². The molecular weight excluding hydrogens is 330 g/mol. The Morgan fingerprint density at radius 3 is 2.12 bits per heavy atom. The quantitative estimate of drug-likeness (QED) is 0.515. The van der Waals surface area contributed by atoms with Crippen LogP contribution in [0.15, 0.2) is 36.4 Å². The van der Waals surface area contributed by atoms with Crippen LogP contribution in [0.25, 0.3) is 0 Å². The summed E-state index contributed by atoms with van der Waals surface area (Å²) in [4.78, 5) is 0. The first-order valence-corrected chi connectivity index (χ1v) is 8.50. The summed E-state index contributed by atoms with van der Waals surface area (Å²) in [5.41, 5.74) is 3.79. The number of aliphatic hydroxyl groups is 3. The first-order valence-electron chi connectivity index (χ1n) is 8.50. The third-order valence-corrected chi connectivity index (χ3v) is 4.08. The summed E-state index contributed by atoms with van der Waals surface area (Å²) in [7, 11) is 0. The minimum atomic E-state index is -0.217. The molecule has 2 aromatic carbocycles. The van der Waals surface area contributed by atoms with Crippen molar-refractivity contribution in [3.05, 3.63) is 64.2 Å². The second-order valence-corrected chi connectivity index (χ2v) is 6.15. The first-order chi connectivity index (χ1) is 12.6. The van der Waals surface area contributed by atoms with Crippen molar-refractivity contribution in [3.8, 4) is 18.1 Å². The molecule has 0 aromatic heterocycles. The van der Waals surface area contributed by atoms with Crippen LogP contribution in [0.3, 0.4) is 0 Å². The molecule has 0 aliphatic carbocycles. The zero-order chi connectivity index (χ0) is 18.9. The molecule has 26 heavy (non-hydrogen) atoms. The highest BCUT2D eigenvalue weighted by Crippen LogP contribution is 2.27. The van der Waals surface area contributed by atoms with Gasteiger partial charge in [-0.2, -0.15) is 0 Å². The molecule has 4 N–H and O–H groups in total. The highest BCUT2D eigenvalue weighted by Gasteiger charge is 2.11. The topological polar surface area (TPSA) is 82.0 Å². The fourth-order valence-electron chi connectivity index (χ4n) is 2.52. The van der Waals surface area contributed by atoms with Gasteiger partial charge >= 0.3 is 0 Å². The molecule has 5 heteroatoms. The molecule has 0 fully saturated rings. The van der Waals surface area contributed by atoms with E-state index in [4.69, 9.17) is 16.3 Å². The van der Waals surface area contributed by atoms with Crippen molar-refractivity contribution < 1.29 is 20.1 Å². The molecule has 138 valence electrons. The summed E-state index contributed by atoms with van der Waals surface area (Å²) in [6.45, 7) is 2.59. The summed E-state index contributed by atoms with van der Waals surface area (Å²) in [5.74, 6) is 2.98. The third-order valence-electron chi connectivity index (χ3n) is 4.08. The molecule has 2 rings (SSSR count). The van der Waals surface area contributed by atoms with Gasteiger partial charge in [-0.15, -0.1) is 6.42 Å². The molecule has 0 heterocycles. The van der Waals surface area contributed by atoms with Crippen molar-refractivity contribution in [1.82, 2.24) is 5.32 Å². The molecule has 0 aliphatic rings. The summed E-state index contributed by atoms with van der Waals surface area (Å²) >= 11 is 0. The van der Waals surface area contributed by atoms with Gasteiger partial charge < -0.3 is 25.4 Å². The van der Waals surface area contributed by atoms with E-state index in [0.29, 0.717) is 35.6 Å². The van der Waals surface area contributed by atoms with Gasteiger partial charge in [0.1, 0.15) is 12.4 Å². The molecular formula is C21H25NO4. The summed E-state index contributed by atoms with van der Waals surface area (Å²) in [5, 5.41) is 31.4. The fraction of sp³-hybridized carbons (Fsp3) is 0.333. The molecule has 5 nitrogen and oxygen atoms in total. The molecule has 0 radical (unpaired) electrons. The smallest absolute Gasteiger partial charge is 0.130 e. The predicted octanol–water partition coefficient (Wildman–Crippen LogP) is 1.70. The predicted molar refractivity (Wildman–Crippen MR) is 100 cm³/mol. The lowest BCUT2D eigenvalue weighted by atomic mass is 10.0. The van der Waals surface area contributed by atoms with Crippen molar-refractivity contribution in [2.24, 2.45) is 0 Å². The Morgan fingerprint density at radius 1 is 1.04 bits per heavy atom. The van der Waals surface area contributed by atoms with Gasteiger partial charge in [-0.3, -0.25) is 0 Å². The lowest BCUT2D eigenvalue weighted by Gasteiger charge is -2.15. The molecule has 0 spiro atoms. The Labute approximate surface area is 154 Å². The lowest BCUT2D eigenvalue weighted by molar-refractivity contribution is 0.242. The van der Waals surface area contributed by atoms with Crippen molar-refractivity contribution in [2.45, 2.75) is 39.3 Å². The fourth-order valence-corrected chi connectivity index (χ4v) is 2.52. The normalized spacial score (nSPS) is 11.8. The van der Waals surface area contributed by atoms with Crippen LogP contribution in [0.1, 0.15) is 34.7 Å². The largest absolute Gasteiger partial charge is 0.488 e. The molecule has 0 saturated heterocycles. The van der Waals surface area contributed by atoms with Gasteiger partial charge in [-0.1, -0.05) is 30.2 Å². The van der Waals surface area contributed by atoms with E-state index >= 15 is 0 Å². The van der Waals surface area contributed by atoms with E-state index in [1.165, 1.54) is 0 Å². The molecule has 0 amide bonds. The number of nitrogens with one attached hydrogen (secondary N) is 1. The molecule has 0 aliphatic heterocycles. The number of hydrogen-bond donors (Lipinski definition) is 4. The van der Waals surface area contributed by atoms with Gasteiger partial charge in [0.2, 0.25) is 0 Å². The molecule has 2 aromatic rings. The number of aliphatic hydroxyl groups excluding tert-OH is 3. The maximum Gasteiger partial charge on any atom is 0.130 e. The van der Waals surface area contributed by atoms with Gasteiger partial charge in [0.05, 0.1) is 19.8 Å². The van der Waals surface area contributed by atoms with Crippen LogP contribution >= 0.6 is 0 Å². The average Bonchev–Trinajstić information content (AvgIpc) is 2.70. The number of ether oxygens (including phenoxy) is 1. The average molecular weight is 355 g/mol. The Hall–Kier alpha value is -2.36. The van der Waals surface area contributed by atoms with Crippen molar-refractivity contribution in [2.75, 3.05) is 6.61 Å². The second-order valence-electron chi connectivity index (χ2n) is 6.15.